The van der Waals surface area contributed by atoms with Crippen molar-refractivity contribution >= 4 is 53.0 Å². The van der Waals surface area contributed by atoms with Crippen molar-refractivity contribution in [2.24, 2.45) is 0 Å². The first-order valence-corrected chi connectivity index (χ1v) is 14.3. The lowest BCUT2D eigenvalue weighted by atomic mass is 10.1. The van der Waals surface area contributed by atoms with Gasteiger partial charge in [-0.1, -0.05) is 43.7 Å². The topological polar surface area (TPSA) is 145 Å². The van der Waals surface area contributed by atoms with E-state index in [0.29, 0.717) is 18.4 Å². The molecule has 2 heterocycles. The van der Waals surface area contributed by atoms with Gasteiger partial charge < -0.3 is 21.1 Å². The number of nitrogens with one attached hydrogen (secondary N) is 3. The fourth-order valence-electron chi connectivity index (χ4n) is 4.50. The molecule has 2 aliphatic rings. The van der Waals surface area contributed by atoms with E-state index in [1.807, 2.05) is 42.4 Å². The molecule has 0 aromatic heterocycles. The van der Waals surface area contributed by atoms with E-state index in [1.54, 1.807) is 30.3 Å². The van der Waals surface area contributed by atoms with E-state index in [0.717, 1.165) is 24.5 Å². The predicted molar refractivity (Wildman–Crippen MR) is 143 cm³/mol. The van der Waals surface area contributed by atoms with Gasteiger partial charge in [0.05, 0.1) is 22.7 Å². The SMILES string of the molecule is CCCC(NC(=O)[C@@H]1CC2(CN1C)SCCCS2)C(=O)C(=O)NCC(=O)N[C@H](C(=O)O)c1ccccc1. The van der Waals surface area contributed by atoms with Crippen LogP contribution in [0.2, 0.25) is 0 Å². The second-order valence-corrected chi connectivity index (χ2v) is 12.5. The highest BCUT2D eigenvalue weighted by atomic mass is 32.2. The van der Waals surface area contributed by atoms with Crippen LogP contribution in [0, 0.1) is 0 Å². The van der Waals surface area contributed by atoms with E-state index >= 15 is 0 Å². The minimum absolute atomic E-state index is 0.0163. The van der Waals surface area contributed by atoms with Crippen molar-refractivity contribution < 1.29 is 29.1 Å². The Morgan fingerprint density at radius 1 is 1.11 bits per heavy atom. The third kappa shape index (κ3) is 7.71. The van der Waals surface area contributed by atoms with Gasteiger partial charge in [-0.25, -0.2) is 4.79 Å². The molecule has 0 bridgehead atoms. The van der Waals surface area contributed by atoms with Crippen molar-refractivity contribution in [3.05, 3.63) is 35.9 Å². The maximum atomic E-state index is 13.1. The summed E-state index contributed by atoms with van der Waals surface area (Å²) in [7, 11) is 1.90. The molecule has 2 saturated heterocycles. The number of rotatable bonds is 11. The second kappa shape index (κ2) is 13.3. The molecule has 3 rings (SSSR count). The third-order valence-corrected chi connectivity index (χ3v) is 9.71. The number of carboxylic acid groups (broad SMARTS) is 1. The summed E-state index contributed by atoms with van der Waals surface area (Å²) in [5.41, 5.74) is 0.375. The lowest BCUT2D eigenvalue weighted by molar-refractivity contribution is -0.142. The van der Waals surface area contributed by atoms with E-state index in [-0.39, 0.29) is 22.4 Å². The number of carbonyl (C=O) groups is 5. The van der Waals surface area contributed by atoms with Crippen LogP contribution < -0.4 is 16.0 Å². The summed E-state index contributed by atoms with van der Waals surface area (Å²) in [5.74, 6) is -2.00. The number of Topliss-reactive ketones (excluding diaryl/α,β-unsaturated/α-hetero) is 1. The quantitative estimate of drug-likeness (QED) is 0.298. The summed E-state index contributed by atoms with van der Waals surface area (Å²) in [4.78, 5) is 64.4. The number of aliphatic carboxylic acids is 1. The second-order valence-electron chi connectivity index (χ2n) is 9.24. The number of carbonyl (C=O) groups excluding carboxylic acids is 4. The van der Waals surface area contributed by atoms with Gasteiger partial charge in [0.2, 0.25) is 17.6 Å². The molecule has 12 heteroatoms. The monoisotopic (exact) mass is 550 g/mol. The average molecular weight is 551 g/mol. The summed E-state index contributed by atoms with van der Waals surface area (Å²) >= 11 is 3.78. The van der Waals surface area contributed by atoms with Crippen molar-refractivity contribution in [1.29, 1.82) is 0 Å². The molecule has 0 radical (unpaired) electrons. The van der Waals surface area contributed by atoms with Crippen LogP contribution in [0.25, 0.3) is 0 Å². The molecule has 202 valence electrons. The minimum Gasteiger partial charge on any atom is -0.479 e. The highest BCUT2D eigenvalue weighted by Gasteiger charge is 2.47. The molecule has 1 aromatic carbocycles. The van der Waals surface area contributed by atoms with Crippen molar-refractivity contribution in [2.75, 3.05) is 31.6 Å². The Balaban J connectivity index is 1.54. The van der Waals surface area contributed by atoms with Gasteiger partial charge in [0.25, 0.3) is 5.91 Å². The van der Waals surface area contributed by atoms with Crippen LogP contribution in [0.3, 0.4) is 0 Å². The van der Waals surface area contributed by atoms with Crippen LogP contribution >= 0.6 is 23.5 Å². The van der Waals surface area contributed by atoms with E-state index in [1.165, 1.54) is 0 Å². The molecule has 3 atom stereocenters. The van der Waals surface area contributed by atoms with Gasteiger partial charge >= 0.3 is 5.97 Å². The highest BCUT2D eigenvalue weighted by molar-refractivity contribution is 8.18. The molecule has 0 saturated carbocycles. The van der Waals surface area contributed by atoms with Crippen LogP contribution in [0.5, 0.6) is 0 Å². The molecule has 1 spiro atoms. The Morgan fingerprint density at radius 2 is 1.78 bits per heavy atom. The van der Waals surface area contributed by atoms with Crippen LogP contribution in [0.15, 0.2) is 30.3 Å². The van der Waals surface area contributed by atoms with Gasteiger partial charge in [0, 0.05) is 6.54 Å². The maximum Gasteiger partial charge on any atom is 0.330 e. The number of carboxylic acids is 1. The van der Waals surface area contributed by atoms with Gasteiger partial charge in [-0.3, -0.25) is 24.1 Å². The number of amides is 3. The number of hydrogen-bond donors (Lipinski definition) is 4. The number of likely N-dealkylation sites (tertiary alicyclic amines) is 1. The van der Waals surface area contributed by atoms with Gasteiger partial charge in [-0.15, -0.1) is 23.5 Å². The van der Waals surface area contributed by atoms with Crippen LogP contribution in [0.1, 0.15) is 44.2 Å². The zero-order chi connectivity index (χ0) is 27.0. The number of thioether (sulfide) groups is 2. The summed E-state index contributed by atoms with van der Waals surface area (Å²) in [6, 6.07) is 5.46. The number of ketones is 1. The third-order valence-electron chi connectivity index (χ3n) is 6.38. The number of hydrogen-bond acceptors (Lipinski definition) is 8. The molecule has 37 heavy (non-hydrogen) atoms. The molecule has 0 aliphatic carbocycles. The first-order valence-electron chi connectivity index (χ1n) is 12.3. The van der Waals surface area contributed by atoms with E-state index in [9.17, 15) is 29.1 Å². The standard InChI is InChI=1S/C25H34N4O6S2/c1-3-8-17(27-22(32)18-13-25(15-29(18)2)36-11-7-12-37-25)21(31)23(33)26-14-19(30)28-20(24(34)35)16-9-5-4-6-10-16/h4-6,9-10,17-18,20H,3,7-8,11-15H2,1-2H3,(H,26,33)(H,27,32)(H,28,30)(H,34,35)/t17?,18-,20-/m0/s1. The first kappa shape index (κ1) is 29.0. The van der Waals surface area contributed by atoms with E-state index < -0.39 is 42.2 Å². The molecule has 2 aliphatic heterocycles. The van der Waals surface area contributed by atoms with Gasteiger partial charge in [-0.2, -0.15) is 0 Å². The number of benzene rings is 1. The lowest BCUT2D eigenvalue weighted by Crippen LogP contribution is -2.52. The maximum absolute atomic E-state index is 13.1. The van der Waals surface area contributed by atoms with Crippen molar-refractivity contribution in [1.82, 2.24) is 20.9 Å². The Morgan fingerprint density at radius 3 is 2.41 bits per heavy atom. The van der Waals surface area contributed by atoms with Gasteiger partial charge in [-0.05, 0) is 43.4 Å². The Kier molecular flexibility index (Phi) is 10.4. The van der Waals surface area contributed by atoms with E-state index in [2.05, 4.69) is 16.0 Å². The zero-order valence-corrected chi connectivity index (χ0v) is 22.7. The summed E-state index contributed by atoms with van der Waals surface area (Å²) in [6.07, 6.45) is 2.68. The van der Waals surface area contributed by atoms with E-state index in [4.69, 9.17) is 0 Å². The van der Waals surface area contributed by atoms with Crippen molar-refractivity contribution in [3.8, 4) is 0 Å². The van der Waals surface area contributed by atoms with Crippen molar-refractivity contribution in [3.63, 3.8) is 0 Å². The minimum atomic E-state index is -1.29. The molecule has 4 N–H and O–H groups in total. The van der Waals surface area contributed by atoms with Crippen LogP contribution in [0.4, 0.5) is 0 Å². The van der Waals surface area contributed by atoms with Gasteiger partial charge in [0.15, 0.2) is 6.04 Å². The Labute approximate surface area is 225 Å². The first-order chi connectivity index (χ1) is 17.7. The number of nitrogens with zero attached hydrogens (tertiary/aromatic N) is 1. The number of likely N-dealkylation sites (N-methyl/N-ethyl adjacent to an activating group) is 1. The Hall–Kier alpha value is -2.57. The summed E-state index contributed by atoms with van der Waals surface area (Å²) < 4.78 is -0.0163. The molecular formula is C25H34N4O6S2. The largest absolute Gasteiger partial charge is 0.479 e. The average Bonchev–Trinajstić information content (AvgIpc) is 3.20. The summed E-state index contributed by atoms with van der Waals surface area (Å²) in [5, 5.41) is 16.8. The smallest absolute Gasteiger partial charge is 0.330 e. The zero-order valence-electron chi connectivity index (χ0n) is 21.0. The van der Waals surface area contributed by atoms with Crippen LogP contribution in [-0.2, 0) is 24.0 Å². The predicted octanol–water partition coefficient (Wildman–Crippen LogP) is 1.17. The Bertz CT molecular complexity index is 1000. The molecule has 1 unspecified atom stereocenters. The fraction of sp³-hybridized carbons (Fsp3) is 0.560. The van der Waals surface area contributed by atoms with Crippen LogP contribution in [-0.4, -0.2) is 87.3 Å². The van der Waals surface area contributed by atoms with Gasteiger partial charge in [0.1, 0.15) is 0 Å². The fourth-order valence-corrected chi connectivity index (χ4v) is 7.98. The molecule has 1 aromatic rings. The molecule has 10 nitrogen and oxygen atoms in total. The lowest BCUT2D eigenvalue weighted by Gasteiger charge is -2.31. The van der Waals surface area contributed by atoms with Crippen molar-refractivity contribution in [2.45, 2.75) is 54.8 Å². The molecule has 3 amide bonds. The highest BCUT2D eigenvalue weighted by Crippen LogP contribution is 2.49. The molecular weight excluding hydrogens is 516 g/mol. The summed E-state index contributed by atoms with van der Waals surface area (Å²) in [6.45, 7) is 2.05. The molecule has 2 fully saturated rings. The normalized spacial score (nSPS) is 20.5.